The number of aliphatic carboxylic acids is 1. The quantitative estimate of drug-likeness (QED) is 0.147. The van der Waals surface area contributed by atoms with E-state index in [1.165, 1.54) is 24.3 Å². The SMILES string of the molecule is CON=C(C(=O)NC1C(=O)N2C(C(=O)[O-])=C(COC(N)=O)CS[C@H]12)c1csc(N)n1.[Na+]. The van der Waals surface area contributed by atoms with E-state index >= 15 is 0 Å². The van der Waals surface area contributed by atoms with Gasteiger partial charge in [0.1, 0.15) is 30.8 Å². The predicted octanol–water partition coefficient (Wildman–Crippen LogP) is -5.42. The van der Waals surface area contributed by atoms with Crippen molar-refractivity contribution in [2.24, 2.45) is 10.9 Å². The van der Waals surface area contributed by atoms with Crippen LogP contribution in [0.5, 0.6) is 0 Å². The van der Waals surface area contributed by atoms with Gasteiger partial charge in [-0.05, 0) is 0 Å². The summed E-state index contributed by atoms with van der Waals surface area (Å²) in [5.74, 6) is -2.91. The first-order valence-corrected chi connectivity index (χ1v) is 10.1. The molecule has 1 unspecified atom stereocenters. The van der Waals surface area contributed by atoms with Crippen molar-refractivity contribution < 1.29 is 63.4 Å². The van der Waals surface area contributed by atoms with Gasteiger partial charge in [-0.3, -0.25) is 14.5 Å². The molecule has 0 bridgehead atoms. The number of anilines is 1. The van der Waals surface area contributed by atoms with Crippen LogP contribution in [0.25, 0.3) is 0 Å². The zero-order valence-electron chi connectivity index (χ0n) is 16.3. The number of nitrogens with one attached hydrogen (secondary N) is 1. The predicted molar refractivity (Wildman–Crippen MR) is 103 cm³/mol. The van der Waals surface area contributed by atoms with Gasteiger partial charge in [-0.15, -0.1) is 23.1 Å². The van der Waals surface area contributed by atoms with E-state index in [0.29, 0.717) is 0 Å². The minimum Gasteiger partial charge on any atom is -0.543 e. The number of aromatic nitrogens is 1. The van der Waals surface area contributed by atoms with Gasteiger partial charge >= 0.3 is 35.7 Å². The summed E-state index contributed by atoms with van der Waals surface area (Å²) in [5.41, 5.74) is 10.2. The van der Waals surface area contributed by atoms with Crippen LogP contribution in [0.15, 0.2) is 21.8 Å². The van der Waals surface area contributed by atoms with E-state index in [2.05, 4.69) is 25.0 Å². The normalized spacial score (nSPS) is 20.2. The monoisotopic (exact) mass is 478 g/mol. The van der Waals surface area contributed by atoms with Gasteiger partial charge in [-0.1, -0.05) is 5.16 Å². The van der Waals surface area contributed by atoms with Crippen LogP contribution >= 0.6 is 23.1 Å². The molecule has 3 rings (SSSR count). The van der Waals surface area contributed by atoms with E-state index in [9.17, 15) is 24.3 Å². The van der Waals surface area contributed by atoms with Crippen LogP contribution in [0, 0.1) is 0 Å². The molecule has 0 saturated carbocycles. The van der Waals surface area contributed by atoms with Crippen LogP contribution in [0.1, 0.15) is 5.69 Å². The fourth-order valence-electron chi connectivity index (χ4n) is 2.84. The second-order valence-electron chi connectivity index (χ2n) is 5.90. The first kappa shape index (κ1) is 24.9. The third-order valence-electron chi connectivity index (χ3n) is 4.08. The Morgan fingerprint density at radius 2 is 2.16 bits per heavy atom. The van der Waals surface area contributed by atoms with E-state index < -0.39 is 47.6 Å². The van der Waals surface area contributed by atoms with Gasteiger partial charge < -0.3 is 36.3 Å². The van der Waals surface area contributed by atoms with E-state index in [0.717, 1.165) is 16.2 Å². The number of nitrogen functional groups attached to an aromatic ring is 1. The molecule has 0 spiro atoms. The summed E-state index contributed by atoms with van der Waals surface area (Å²) < 4.78 is 4.63. The number of carbonyl (C=O) groups excluding carboxylic acids is 4. The molecule has 0 aliphatic carbocycles. The molecule has 1 aromatic heterocycles. The number of rotatable bonds is 7. The van der Waals surface area contributed by atoms with Crippen molar-refractivity contribution >= 4 is 57.8 Å². The largest absolute Gasteiger partial charge is 1.00 e. The fraction of sp³-hybridized carbons (Fsp3) is 0.333. The van der Waals surface area contributed by atoms with E-state index in [1.54, 1.807) is 0 Å². The summed E-state index contributed by atoms with van der Waals surface area (Å²) in [4.78, 5) is 57.2. The summed E-state index contributed by atoms with van der Waals surface area (Å²) >= 11 is 2.27. The van der Waals surface area contributed by atoms with Crippen molar-refractivity contribution in [3.8, 4) is 0 Å². The van der Waals surface area contributed by atoms with Crippen molar-refractivity contribution in [1.29, 1.82) is 0 Å². The van der Waals surface area contributed by atoms with Gasteiger partial charge in [0.05, 0.1) is 11.7 Å². The number of nitrogens with two attached hydrogens (primary N) is 2. The minimum atomic E-state index is -1.61. The second kappa shape index (κ2) is 10.3. The van der Waals surface area contributed by atoms with Crippen LogP contribution in [0.2, 0.25) is 0 Å². The van der Waals surface area contributed by atoms with Crippen molar-refractivity contribution in [1.82, 2.24) is 15.2 Å². The number of hydrogen-bond acceptors (Lipinski definition) is 12. The van der Waals surface area contributed by atoms with Gasteiger partial charge in [0.25, 0.3) is 11.8 Å². The molecular formula is C15H15N6NaO7S2. The minimum absolute atomic E-state index is 0. The van der Waals surface area contributed by atoms with Crippen LogP contribution in [-0.4, -0.2) is 70.4 Å². The molecule has 2 aliphatic rings. The zero-order valence-corrected chi connectivity index (χ0v) is 19.9. The number of β-lactam (4-membered cyclic amide) rings is 1. The smallest absolute Gasteiger partial charge is 0.543 e. The molecule has 5 N–H and O–H groups in total. The summed E-state index contributed by atoms with van der Waals surface area (Å²) in [6.07, 6.45) is -1.08. The number of thiazole rings is 1. The molecule has 2 aliphatic heterocycles. The Hall–Kier alpha value is -2.33. The Labute approximate surface area is 205 Å². The molecule has 13 nitrogen and oxygen atoms in total. The Morgan fingerprint density at radius 1 is 1.45 bits per heavy atom. The topological polar surface area (TPSA) is 202 Å². The van der Waals surface area contributed by atoms with E-state index in [-0.39, 0.29) is 57.4 Å². The summed E-state index contributed by atoms with van der Waals surface area (Å²) in [7, 11) is 1.24. The van der Waals surface area contributed by atoms with Gasteiger partial charge in [0.2, 0.25) is 0 Å². The molecule has 3 heterocycles. The molecular weight excluding hydrogens is 463 g/mol. The van der Waals surface area contributed by atoms with Gasteiger partial charge in [-0.2, -0.15) is 0 Å². The van der Waals surface area contributed by atoms with Crippen molar-refractivity contribution in [2.75, 3.05) is 25.2 Å². The number of carbonyl (C=O) groups is 4. The van der Waals surface area contributed by atoms with Crippen molar-refractivity contribution in [2.45, 2.75) is 11.4 Å². The standard InChI is InChI=1S/C15H16N6O7S2.Na/c1-27-20-7(6-4-30-14(16)18-6)10(22)19-8-11(23)21-9(13(24)25)5(2-28-15(17)26)3-29-12(8)21;/h4,8,12H,2-3H2,1H3,(H2,16,18)(H2,17,26)(H,19,22)(H,24,25);/q;+1/p-1/t8?,12-;/m1./s1. The zero-order chi connectivity index (χ0) is 22.0. The third kappa shape index (κ3) is 5.12. The van der Waals surface area contributed by atoms with E-state index in [1.807, 2.05) is 0 Å². The van der Waals surface area contributed by atoms with Crippen LogP contribution in [0.3, 0.4) is 0 Å². The Balaban J connectivity index is 0.00000341. The number of ether oxygens (including phenoxy) is 1. The molecule has 1 aromatic rings. The fourth-order valence-corrected chi connectivity index (χ4v) is 4.72. The van der Waals surface area contributed by atoms with Gasteiger partial charge in [0.15, 0.2) is 10.8 Å². The number of fused-ring (bicyclic) bond motifs is 1. The number of thioether (sulfide) groups is 1. The number of primary amides is 1. The maximum absolute atomic E-state index is 12.6. The van der Waals surface area contributed by atoms with Crippen LogP contribution in [-0.2, 0) is 24.0 Å². The Bertz CT molecular complexity index is 981. The molecule has 2 atom stereocenters. The van der Waals surface area contributed by atoms with Gasteiger partial charge in [-0.25, -0.2) is 9.78 Å². The molecule has 31 heavy (non-hydrogen) atoms. The van der Waals surface area contributed by atoms with Crippen molar-refractivity contribution in [3.63, 3.8) is 0 Å². The summed E-state index contributed by atoms with van der Waals surface area (Å²) in [6, 6.07) is -1.02. The summed E-state index contributed by atoms with van der Waals surface area (Å²) in [6.45, 7) is -0.394. The van der Waals surface area contributed by atoms with E-state index in [4.69, 9.17) is 11.5 Å². The van der Waals surface area contributed by atoms with Crippen LogP contribution in [0.4, 0.5) is 9.93 Å². The average Bonchev–Trinajstić information content (AvgIpc) is 3.13. The first-order chi connectivity index (χ1) is 14.2. The molecule has 1 saturated heterocycles. The number of hydrogen-bond donors (Lipinski definition) is 3. The second-order valence-corrected chi connectivity index (χ2v) is 7.90. The molecule has 1 fully saturated rings. The molecule has 0 radical (unpaired) electrons. The number of carboxylic acid groups (broad SMARTS) is 1. The number of amides is 3. The van der Waals surface area contributed by atoms with Gasteiger partial charge in [0, 0.05) is 16.7 Å². The molecule has 0 aromatic carbocycles. The van der Waals surface area contributed by atoms with Crippen molar-refractivity contribution in [3.05, 3.63) is 22.3 Å². The Kier molecular flexibility index (Phi) is 8.30. The molecule has 160 valence electrons. The van der Waals surface area contributed by atoms with Crippen LogP contribution < -0.4 is 51.4 Å². The maximum atomic E-state index is 12.6. The number of carboxylic acids is 1. The maximum Gasteiger partial charge on any atom is 1.00 e. The number of nitrogens with zero attached hydrogens (tertiary/aromatic N) is 3. The third-order valence-corrected chi connectivity index (χ3v) is 6.09. The average molecular weight is 478 g/mol. The number of oxime groups is 1. The summed E-state index contributed by atoms with van der Waals surface area (Å²) in [5, 5.41) is 18.7. The molecule has 3 amide bonds. The first-order valence-electron chi connectivity index (χ1n) is 8.18. The molecule has 16 heteroatoms. The Morgan fingerprint density at radius 3 is 2.71 bits per heavy atom.